The van der Waals surface area contributed by atoms with Gasteiger partial charge < -0.3 is 20.7 Å². The van der Waals surface area contributed by atoms with Crippen LogP contribution >= 0.6 is 0 Å². The summed E-state index contributed by atoms with van der Waals surface area (Å²) >= 11 is 0. The Labute approximate surface area is 145 Å². The van der Waals surface area contributed by atoms with Gasteiger partial charge >= 0.3 is 0 Å². The summed E-state index contributed by atoms with van der Waals surface area (Å²) in [6, 6.07) is 10.1. The van der Waals surface area contributed by atoms with Crippen molar-refractivity contribution in [2.75, 3.05) is 33.3 Å². The van der Waals surface area contributed by atoms with Crippen molar-refractivity contribution in [1.82, 2.24) is 16.0 Å². The maximum atomic E-state index is 11.9. The number of guanidine groups is 1. The van der Waals surface area contributed by atoms with Crippen LogP contribution in [0.3, 0.4) is 0 Å². The van der Waals surface area contributed by atoms with E-state index in [1.54, 1.807) is 7.11 Å². The second-order valence-electron chi connectivity index (χ2n) is 6.10. The van der Waals surface area contributed by atoms with Gasteiger partial charge in [-0.1, -0.05) is 30.3 Å². The van der Waals surface area contributed by atoms with Gasteiger partial charge in [0, 0.05) is 26.7 Å². The van der Waals surface area contributed by atoms with Crippen LogP contribution in [0.2, 0.25) is 0 Å². The summed E-state index contributed by atoms with van der Waals surface area (Å²) in [6.07, 6.45) is 0.816. The standard InChI is InChI=1S/C18H30N4O2/c1-5-19-17(22-14-18(2,3)24-4)21-13-16(23)20-12-11-15-9-7-6-8-10-15/h6-10H,5,11-14H2,1-4H3,(H,20,23)(H2,19,21,22). The first-order chi connectivity index (χ1) is 11.5. The van der Waals surface area contributed by atoms with Crippen LogP contribution in [0.5, 0.6) is 0 Å². The molecule has 24 heavy (non-hydrogen) atoms. The first-order valence-corrected chi connectivity index (χ1v) is 8.35. The predicted molar refractivity (Wildman–Crippen MR) is 98.2 cm³/mol. The Bertz CT molecular complexity index is 515. The van der Waals surface area contributed by atoms with Gasteiger partial charge in [0.2, 0.25) is 5.91 Å². The van der Waals surface area contributed by atoms with E-state index in [2.05, 4.69) is 33.1 Å². The zero-order chi connectivity index (χ0) is 17.8. The summed E-state index contributed by atoms with van der Waals surface area (Å²) in [5, 5.41) is 9.19. The summed E-state index contributed by atoms with van der Waals surface area (Å²) < 4.78 is 5.36. The third-order valence-electron chi connectivity index (χ3n) is 3.54. The Morgan fingerprint density at radius 1 is 1.17 bits per heavy atom. The molecule has 6 nitrogen and oxygen atoms in total. The minimum absolute atomic E-state index is 0.0888. The molecule has 0 aromatic heterocycles. The fourth-order valence-electron chi connectivity index (χ4n) is 1.91. The first-order valence-electron chi connectivity index (χ1n) is 8.35. The summed E-state index contributed by atoms with van der Waals surface area (Å²) in [5.41, 5.74) is 0.909. The van der Waals surface area contributed by atoms with Crippen LogP contribution in [-0.4, -0.2) is 50.8 Å². The Balaban J connectivity index is 2.37. The van der Waals surface area contributed by atoms with Gasteiger partial charge in [-0.3, -0.25) is 4.79 Å². The number of carbonyl (C=O) groups is 1. The smallest absolute Gasteiger partial charge is 0.241 e. The average molecular weight is 334 g/mol. The lowest BCUT2D eigenvalue weighted by molar-refractivity contribution is -0.119. The molecule has 0 saturated heterocycles. The van der Waals surface area contributed by atoms with Crippen molar-refractivity contribution >= 4 is 11.9 Å². The molecule has 3 N–H and O–H groups in total. The van der Waals surface area contributed by atoms with Gasteiger partial charge in [-0.25, -0.2) is 4.99 Å². The highest BCUT2D eigenvalue weighted by molar-refractivity contribution is 5.84. The van der Waals surface area contributed by atoms with Crippen LogP contribution in [0.4, 0.5) is 0 Å². The van der Waals surface area contributed by atoms with Gasteiger partial charge in [0.25, 0.3) is 0 Å². The molecule has 134 valence electrons. The van der Waals surface area contributed by atoms with E-state index in [-0.39, 0.29) is 18.1 Å². The molecule has 0 saturated carbocycles. The molecule has 0 bridgehead atoms. The number of hydrogen-bond acceptors (Lipinski definition) is 3. The van der Waals surface area contributed by atoms with Gasteiger partial charge in [0.15, 0.2) is 5.96 Å². The van der Waals surface area contributed by atoms with E-state index >= 15 is 0 Å². The first kappa shape index (κ1) is 20.0. The molecule has 0 aliphatic heterocycles. The van der Waals surface area contributed by atoms with Crippen LogP contribution < -0.4 is 16.0 Å². The second kappa shape index (κ2) is 10.6. The fourth-order valence-corrected chi connectivity index (χ4v) is 1.91. The zero-order valence-electron chi connectivity index (χ0n) is 15.2. The molecular weight excluding hydrogens is 304 g/mol. The van der Waals surface area contributed by atoms with Crippen LogP contribution in [0, 0.1) is 0 Å². The average Bonchev–Trinajstić information content (AvgIpc) is 2.58. The third kappa shape index (κ3) is 8.53. The van der Waals surface area contributed by atoms with Gasteiger partial charge in [-0.15, -0.1) is 0 Å². The zero-order valence-corrected chi connectivity index (χ0v) is 15.2. The Morgan fingerprint density at radius 3 is 2.50 bits per heavy atom. The van der Waals surface area contributed by atoms with Crippen molar-refractivity contribution < 1.29 is 9.53 Å². The lowest BCUT2D eigenvalue weighted by Crippen LogP contribution is -2.45. The molecule has 0 spiro atoms. The minimum Gasteiger partial charge on any atom is -0.377 e. The van der Waals surface area contributed by atoms with E-state index in [0.717, 1.165) is 13.0 Å². The molecule has 0 heterocycles. The molecule has 0 radical (unpaired) electrons. The van der Waals surface area contributed by atoms with Gasteiger partial charge in [-0.2, -0.15) is 0 Å². The van der Waals surface area contributed by atoms with Gasteiger partial charge in [0.05, 0.1) is 5.60 Å². The van der Waals surface area contributed by atoms with Gasteiger partial charge in [0.1, 0.15) is 6.54 Å². The number of carbonyl (C=O) groups excluding carboxylic acids is 1. The van der Waals surface area contributed by atoms with Crippen molar-refractivity contribution in [2.45, 2.75) is 32.8 Å². The highest BCUT2D eigenvalue weighted by Crippen LogP contribution is 2.04. The van der Waals surface area contributed by atoms with Crippen molar-refractivity contribution in [1.29, 1.82) is 0 Å². The summed E-state index contributed by atoms with van der Waals surface area (Å²) in [5.74, 6) is 0.523. The Kier molecular flexibility index (Phi) is 8.86. The monoisotopic (exact) mass is 334 g/mol. The van der Waals surface area contributed by atoms with E-state index < -0.39 is 0 Å². The molecule has 0 aliphatic rings. The number of aliphatic imine (C=N–C) groups is 1. The number of rotatable bonds is 9. The van der Waals surface area contributed by atoms with Crippen LogP contribution in [-0.2, 0) is 16.0 Å². The number of hydrogen-bond donors (Lipinski definition) is 3. The van der Waals surface area contributed by atoms with E-state index in [9.17, 15) is 4.79 Å². The molecule has 0 atom stereocenters. The molecule has 1 rings (SSSR count). The van der Waals surface area contributed by atoms with Crippen molar-refractivity contribution in [3.63, 3.8) is 0 Å². The van der Waals surface area contributed by atoms with Crippen LogP contribution in [0.1, 0.15) is 26.3 Å². The van der Waals surface area contributed by atoms with E-state index in [1.165, 1.54) is 5.56 Å². The molecule has 1 aromatic rings. The highest BCUT2D eigenvalue weighted by Gasteiger charge is 2.16. The predicted octanol–water partition coefficient (Wildman–Crippen LogP) is 1.33. The Morgan fingerprint density at radius 2 is 1.88 bits per heavy atom. The van der Waals surface area contributed by atoms with E-state index in [4.69, 9.17) is 4.74 Å². The number of ether oxygens (including phenoxy) is 1. The second-order valence-corrected chi connectivity index (χ2v) is 6.10. The number of methoxy groups -OCH3 is 1. The number of nitrogens with one attached hydrogen (secondary N) is 3. The lowest BCUT2D eigenvalue weighted by atomic mass is 10.1. The Hall–Kier alpha value is -2.08. The normalized spacial score (nSPS) is 11.9. The largest absolute Gasteiger partial charge is 0.377 e. The molecule has 6 heteroatoms. The molecule has 0 unspecified atom stereocenters. The van der Waals surface area contributed by atoms with Crippen LogP contribution in [0.25, 0.3) is 0 Å². The summed E-state index contributed by atoms with van der Waals surface area (Å²) in [7, 11) is 1.67. The maximum absolute atomic E-state index is 11.9. The summed E-state index contributed by atoms with van der Waals surface area (Å²) in [6.45, 7) is 7.99. The van der Waals surface area contributed by atoms with Crippen molar-refractivity contribution in [3.05, 3.63) is 35.9 Å². The molecular formula is C18H30N4O2. The van der Waals surface area contributed by atoms with Crippen LogP contribution in [0.15, 0.2) is 35.3 Å². The van der Waals surface area contributed by atoms with Gasteiger partial charge in [-0.05, 0) is 32.8 Å². The van der Waals surface area contributed by atoms with Crippen molar-refractivity contribution in [2.24, 2.45) is 4.99 Å². The number of benzene rings is 1. The topological polar surface area (TPSA) is 74.8 Å². The molecule has 1 amide bonds. The lowest BCUT2D eigenvalue weighted by Gasteiger charge is -2.24. The molecule has 0 fully saturated rings. The minimum atomic E-state index is -0.297. The molecule has 0 aliphatic carbocycles. The van der Waals surface area contributed by atoms with E-state index in [0.29, 0.717) is 19.0 Å². The summed E-state index contributed by atoms with van der Waals surface area (Å²) in [4.78, 5) is 16.2. The third-order valence-corrected chi connectivity index (χ3v) is 3.54. The number of amides is 1. The quantitative estimate of drug-likeness (QED) is 0.470. The number of nitrogens with zero attached hydrogens (tertiary/aromatic N) is 1. The molecule has 1 aromatic carbocycles. The van der Waals surface area contributed by atoms with E-state index in [1.807, 2.05) is 39.0 Å². The fraction of sp³-hybridized carbons (Fsp3) is 0.556. The highest BCUT2D eigenvalue weighted by atomic mass is 16.5. The van der Waals surface area contributed by atoms with Crippen molar-refractivity contribution in [3.8, 4) is 0 Å². The SMILES string of the molecule is CCNC(=NCC(=O)NCCc1ccccc1)NCC(C)(C)OC. The maximum Gasteiger partial charge on any atom is 0.241 e.